The van der Waals surface area contributed by atoms with Gasteiger partial charge in [-0.15, -0.1) is 0 Å². The topological polar surface area (TPSA) is 55.2 Å². The third kappa shape index (κ3) is 2.66. The zero-order chi connectivity index (χ0) is 13.0. The molecular weight excluding hydrogens is 228 g/mol. The molecule has 92 valence electrons. The summed E-state index contributed by atoms with van der Waals surface area (Å²) < 4.78 is 0. The number of nitrogens with one attached hydrogen (secondary N) is 1. The number of benzene rings is 2. The van der Waals surface area contributed by atoms with Crippen LogP contribution in [-0.4, -0.2) is 4.92 Å². The molecule has 4 nitrogen and oxygen atoms in total. The standard InChI is InChI=1S/C14H14N2O2/c1-2-11-8-9-13(14(10-11)16(17)18)15-12-6-4-3-5-7-12/h3-10,15H,2H2,1H3. The molecular formula is C14H14N2O2. The lowest BCUT2D eigenvalue weighted by Gasteiger charge is -2.08. The number of nitro benzene ring substituents is 1. The van der Waals surface area contributed by atoms with E-state index in [9.17, 15) is 10.1 Å². The normalized spacial score (nSPS) is 10.1. The van der Waals surface area contributed by atoms with E-state index in [1.54, 1.807) is 12.1 Å². The molecule has 2 aromatic carbocycles. The van der Waals surface area contributed by atoms with Gasteiger partial charge < -0.3 is 5.32 Å². The van der Waals surface area contributed by atoms with Gasteiger partial charge in [0.15, 0.2) is 0 Å². The van der Waals surface area contributed by atoms with E-state index in [2.05, 4.69) is 5.32 Å². The largest absolute Gasteiger partial charge is 0.350 e. The third-order valence-electron chi connectivity index (χ3n) is 2.72. The Morgan fingerprint density at radius 2 is 1.89 bits per heavy atom. The molecule has 0 aliphatic carbocycles. The maximum Gasteiger partial charge on any atom is 0.292 e. The van der Waals surface area contributed by atoms with Gasteiger partial charge in [-0.25, -0.2) is 0 Å². The zero-order valence-electron chi connectivity index (χ0n) is 10.1. The van der Waals surface area contributed by atoms with Crippen LogP contribution < -0.4 is 5.32 Å². The predicted octanol–water partition coefficient (Wildman–Crippen LogP) is 3.90. The minimum Gasteiger partial charge on any atom is -0.350 e. The molecule has 0 saturated carbocycles. The molecule has 0 bridgehead atoms. The Kier molecular flexibility index (Phi) is 3.57. The molecule has 0 fully saturated rings. The van der Waals surface area contributed by atoms with E-state index in [1.807, 2.05) is 43.3 Å². The fourth-order valence-electron chi connectivity index (χ4n) is 1.73. The smallest absolute Gasteiger partial charge is 0.292 e. The van der Waals surface area contributed by atoms with E-state index in [0.717, 1.165) is 17.7 Å². The SMILES string of the molecule is CCc1ccc(Nc2ccccc2)c([N+](=O)[O-])c1. The Bertz CT molecular complexity index is 553. The van der Waals surface area contributed by atoms with E-state index in [0.29, 0.717) is 5.69 Å². The Labute approximate surface area is 105 Å². The minimum absolute atomic E-state index is 0.109. The molecule has 0 saturated heterocycles. The van der Waals surface area contributed by atoms with Gasteiger partial charge in [-0.2, -0.15) is 0 Å². The summed E-state index contributed by atoms with van der Waals surface area (Å²) >= 11 is 0. The van der Waals surface area contributed by atoms with E-state index in [1.165, 1.54) is 0 Å². The highest BCUT2D eigenvalue weighted by Gasteiger charge is 2.14. The molecule has 2 aromatic rings. The van der Waals surface area contributed by atoms with Crippen molar-refractivity contribution in [1.29, 1.82) is 0 Å². The molecule has 0 radical (unpaired) electrons. The van der Waals surface area contributed by atoms with Crippen molar-refractivity contribution in [2.45, 2.75) is 13.3 Å². The van der Waals surface area contributed by atoms with Gasteiger partial charge in [-0.3, -0.25) is 10.1 Å². The van der Waals surface area contributed by atoms with Crippen molar-refractivity contribution < 1.29 is 4.92 Å². The van der Waals surface area contributed by atoms with Crippen molar-refractivity contribution in [2.75, 3.05) is 5.32 Å². The van der Waals surface area contributed by atoms with Crippen molar-refractivity contribution in [3.8, 4) is 0 Å². The lowest BCUT2D eigenvalue weighted by atomic mass is 10.1. The third-order valence-corrected chi connectivity index (χ3v) is 2.72. The first-order valence-corrected chi connectivity index (χ1v) is 5.80. The molecule has 2 rings (SSSR count). The second-order valence-corrected chi connectivity index (χ2v) is 3.95. The van der Waals surface area contributed by atoms with Crippen molar-refractivity contribution in [2.24, 2.45) is 0 Å². The monoisotopic (exact) mass is 242 g/mol. The summed E-state index contributed by atoms with van der Waals surface area (Å²) in [5.41, 5.74) is 2.42. The van der Waals surface area contributed by atoms with Gasteiger partial charge in [0.2, 0.25) is 0 Å². The highest BCUT2D eigenvalue weighted by atomic mass is 16.6. The lowest BCUT2D eigenvalue weighted by molar-refractivity contribution is -0.384. The second-order valence-electron chi connectivity index (χ2n) is 3.95. The molecule has 0 amide bonds. The first-order chi connectivity index (χ1) is 8.70. The van der Waals surface area contributed by atoms with E-state index >= 15 is 0 Å². The molecule has 1 N–H and O–H groups in total. The molecule has 0 aliphatic heterocycles. The van der Waals surface area contributed by atoms with Crippen LogP contribution in [0.15, 0.2) is 48.5 Å². The predicted molar refractivity (Wildman–Crippen MR) is 72.2 cm³/mol. The molecule has 0 spiro atoms. The Balaban J connectivity index is 2.35. The molecule has 18 heavy (non-hydrogen) atoms. The van der Waals surface area contributed by atoms with Gasteiger partial charge in [0, 0.05) is 11.8 Å². The molecule has 0 atom stereocenters. The van der Waals surface area contributed by atoms with Gasteiger partial charge in [0.05, 0.1) is 4.92 Å². The Morgan fingerprint density at radius 3 is 2.50 bits per heavy atom. The quantitative estimate of drug-likeness (QED) is 0.653. The van der Waals surface area contributed by atoms with Gasteiger partial charge >= 0.3 is 0 Å². The first kappa shape index (κ1) is 12.1. The minimum atomic E-state index is -0.357. The summed E-state index contributed by atoms with van der Waals surface area (Å²) in [5, 5.41) is 14.1. The van der Waals surface area contributed by atoms with Crippen molar-refractivity contribution in [1.82, 2.24) is 0 Å². The van der Waals surface area contributed by atoms with Gasteiger partial charge in [-0.1, -0.05) is 31.2 Å². The summed E-state index contributed by atoms with van der Waals surface area (Å²) in [6.07, 6.45) is 0.784. The summed E-state index contributed by atoms with van der Waals surface area (Å²) in [5.74, 6) is 0. The maximum absolute atomic E-state index is 11.0. The summed E-state index contributed by atoms with van der Waals surface area (Å²) in [7, 11) is 0. The Hall–Kier alpha value is -2.36. The fourth-order valence-corrected chi connectivity index (χ4v) is 1.73. The lowest BCUT2D eigenvalue weighted by Crippen LogP contribution is -1.98. The summed E-state index contributed by atoms with van der Waals surface area (Å²) in [4.78, 5) is 10.7. The van der Waals surface area contributed by atoms with Gasteiger partial charge in [-0.05, 0) is 30.2 Å². The molecule has 4 heteroatoms. The first-order valence-electron chi connectivity index (χ1n) is 5.80. The number of anilines is 2. The van der Waals surface area contributed by atoms with Crippen LogP contribution >= 0.6 is 0 Å². The van der Waals surface area contributed by atoms with E-state index in [-0.39, 0.29) is 10.6 Å². The average Bonchev–Trinajstić information content (AvgIpc) is 2.40. The van der Waals surface area contributed by atoms with Crippen LogP contribution in [-0.2, 0) is 6.42 Å². The molecule has 0 aromatic heterocycles. The average molecular weight is 242 g/mol. The number of hydrogen-bond acceptors (Lipinski definition) is 3. The van der Waals surface area contributed by atoms with Crippen molar-refractivity contribution in [3.63, 3.8) is 0 Å². The zero-order valence-corrected chi connectivity index (χ0v) is 10.1. The summed E-state index contributed by atoms with van der Waals surface area (Å²) in [6, 6.07) is 14.7. The molecule has 0 heterocycles. The van der Waals surface area contributed by atoms with Crippen LogP contribution in [0, 0.1) is 10.1 Å². The van der Waals surface area contributed by atoms with E-state index in [4.69, 9.17) is 0 Å². The van der Waals surface area contributed by atoms with Gasteiger partial charge in [0.25, 0.3) is 5.69 Å². The Morgan fingerprint density at radius 1 is 1.17 bits per heavy atom. The van der Waals surface area contributed by atoms with Crippen LogP contribution in [0.2, 0.25) is 0 Å². The number of nitrogens with zero attached hydrogens (tertiary/aromatic N) is 1. The second kappa shape index (κ2) is 5.31. The van der Waals surface area contributed by atoms with Crippen LogP contribution in [0.1, 0.15) is 12.5 Å². The number of rotatable bonds is 4. The highest BCUT2D eigenvalue weighted by Crippen LogP contribution is 2.28. The number of para-hydroxylation sites is 1. The number of aryl methyl sites for hydroxylation is 1. The maximum atomic E-state index is 11.0. The van der Waals surface area contributed by atoms with E-state index < -0.39 is 0 Å². The molecule has 0 unspecified atom stereocenters. The van der Waals surface area contributed by atoms with Crippen LogP contribution in [0.5, 0.6) is 0 Å². The van der Waals surface area contributed by atoms with Gasteiger partial charge in [0.1, 0.15) is 5.69 Å². The fraction of sp³-hybridized carbons (Fsp3) is 0.143. The summed E-state index contributed by atoms with van der Waals surface area (Å²) in [6.45, 7) is 1.98. The highest BCUT2D eigenvalue weighted by molar-refractivity contribution is 5.70. The van der Waals surface area contributed by atoms with Crippen LogP contribution in [0.3, 0.4) is 0 Å². The number of nitro groups is 1. The number of hydrogen-bond donors (Lipinski definition) is 1. The van der Waals surface area contributed by atoms with Crippen molar-refractivity contribution >= 4 is 17.1 Å². The van der Waals surface area contributed by atoms with Crippen molar-refractivity contribution in [3.05, 3.63) is 64.2 Å². The van der Waals surface area contributed by atoms with Crippen LogP contribution in [0.4, 0.5) is 17.1 Å². The van der Waals surface area contributed by atoms with Crippen LogP contribution in [0.25, 0.3) is 0 Å². The molecule has 0 aliphatic rings.